The van der Waals surface area contributed by atoms with Crippen molar-refractivity contribution in [3.63, 3.8) is 0 Å². The molecule has 1 heterocycles. The standard InChI is InChI=1S/C10H11ClO/c1-2-9-6-7-5-8(11)3-4-10(7)12-9/h3-4,6,8H,2,5H2,1H3. The Morgan fingerprint density at radius 3 is 3.25 bits per heavy atom. The van der Waals surface area contributed by atoms with E-state index in [1.54, 1.807) is 0 Å². The van der Waals surface area contributed by atoms with Gasteiger partial charge in [0.05, 0.1) is 5.38 Å². The lowest BCUT2D eigenvalue weighted by molar-refractivity contribution is 0.504. The van der Waals surface area contributed by atoms with Gasteiger partial charge in [-0.3, -0.25) is 0 Å². The molecule has 12 heavy (non-hydrogen) atoms. The van der Waals surface area contributed by atoms with E-state index in [0.717, 1.165) is 24.4 Å². The molecular formula is C10H11ClO. The largest absolute Gasteiger partial charge is 0.461 e. The maximum atomic E-state index is 5.97. The zero-order valence-electron chi connectivity index (χ0n) is 7.01. The molecule has 2 heteroatoms. The van der Waals surface area contributed by atoms with Gasteiger partial charge < -0.3 is 4.42 Å². The SMILES string of the molecule is CCc1cc2c(o1)C=CC(Cl)C2. The highest BCUT2D eigenvalue weighted by Gasteiger charge is 2.15. The molecule has 1 unspecified atom stereocenters. The van der Waals surface area contributed by atoms with Gasteiger partial charge in [-0.1, -0.05) is 13.0 Å². The molecule has 0 fully saturated rings. The van der Waals surface area contributed by atoms with Gasteiger partial charge in [-0.25, -0.2) is 0 Å². The van der Waals surface area contributed by atoms with Crippen LogP contribution in [0.3, 0.4) is 0 Å². The predicted octanol–water partition coefficient (Wildman–Crippen LogP) is 3.02. The minimum Gasteiger partial charge on any atom is -0.461 e. The lowest BCUT2D eigenvalue weighted by atomic mass is 10.0. The summed E-state index contributed by atoms with van der Waals surface area (Å²) in [6.45, 7) is 2.09. The molecular weight excluding hydrogens is 172 g/mol. The number of halogens is 1. The number of alkyl halides is 1. The third-order valence-electron chi connectivity index (χ3n) is 2.11. The summed E-state index contributed by atoms with van der Waals surface area (Å²) in [5.41, 5.74) is 1.24. The van der Waals surface area contributed by atoms with E-state index < -0.39 is 0 Å². The van der Waals surface area contributed by atoms with Crippen LogP contribution in [0, 0.1) is 0 Å². The van der Waals surface area contributed by atoms with Gasteiger partial charge in [0.15, 0.2) is 0 Å². The fourth-order valence-corrected chi connectivity index (χ4v) is 1.69. The number of aryl methyl sites for hydroxylation is 1. The van der Waals surface area contributed by atoms with Gasteiger partial charge in [0.25, 0.3) is 0 Å². The van der Waals surface area contributed by atoms with Crippen LogP contribution in [0.15, 0.2) is 16.6 Å². The number of hydrogen-bond acceptors (Lipinski definition) is 1. The quantitative estimate of drug-likeness (QED) is 0.609. The molecule has 0 bridgehead atoms. The Bertz CT molecular complexity index is 312. The summed E-state index contributed by atoms with van der Waals surface area (Å²) in [6.07, 6.45) is 5.80. The highest BCUT2D eigenvalue weighted by atomic mass is 35.5. The fraction of sp³-hybridized carbons (Fsp3) is 0.400. The number of furan rings is 1. The maximum absolute atomic E-state index is 5.97. The van der Waals surface area contributed by atoms with Gasteiger partial charge in [0.1, 0.15) is 11.5 Å². The second-order valence-corrected chi connectivity index (χ2v) is 3.60. The molecule has 0 N–H and O–H groups in total. The Morgan fingerprint density at radius 1 is 1.67 bits per heavy atom. The molecule has 64 valence electrons. The molecule has 0 saturated carbocycles. The van der Waals surface area contributed by atoms with Crippen molar-refractivity contribution in [1.29, 1.82) is 0 Å². The summed E-state index contributed by atoms with van der Waals surface area (Å²) in [5, 5.41) is 0.139. The van der Waals surface area contributed by atoms with Crippen LogP contribution in [-0.2, 0) is 12.8 Å². The van der Waals surface area contributed by atoms with Crippen LogP contribution in [0.5, 0.6) is 0 Å². The van der Waals surface area contributed by atoms with Gasteiger partial charge in [-0.05, 0) is 24.1 Å². The molecule has 1 aliphatic carbocycles. The van der Waals surface area contributed by atoms with Crippen LogP contribution in [0.1, 0.15) is 24.0 Å². The first-order chi connectivity index (χ1) is 5.79. The first-order valence-electron chi connectivity index (χ1n) is 4.23. The summed E-state index contributed by atoms with van der Waals surface area (Å²) in [5.74, 6) is 2.04. The van der Waals surface area contributed by atoms with E-state index in [-0.39, 0.29) is 5.38 Å². The van der Waals surface area contributed by atoms with Crippen molar-refractivity contribution in [2.24, 2.45) is 0 Å². The normalized spacial score (nSPS) is 21.0. The average Bonchev–Trinajstić information content (AvgIpc) is 2.46. The number of rotatable bonds is 1. The first-order valence-corrected chi connectivity index (χ1v) is 4.67. The van der Waals surface area contributed by atoms with Gasteiger partial charge in [0.2, 0.25) is 0 Å². The van der Waals surface area contributed by atoms with Gasteiger partial charge >= 0.3 is 0 Å². The molecule has 0 spiro atoms. The molecule has 1 nitrogen and oxygen atoms in total. The van der Waals surface area contributed by atoms with E-state index >= 15 is 0 Å². The van der Waals surface area contributed by atoms with Crippen molar-refractivity contribution in [2.75, 3.05) is 0 Å². The molecule has 0 aliphatic heterocycles. The Morgan fingerprint density at radius 2 is 2.50 bits per heavy atom. The minimum atomic E-state index is 0.139. The number of allylic oxidation sites excluding steroid dienone is 1. The molecule has 0 amide bonds. The van der Waals surface area contributed by atoms with Crippen LogP contribution in [-0.4, -0.2) is 5.38 Å². The smallest absolute Gasteiger partial charge is 0.130 e. The molecule has 1 atom stereocenters. The Hall–Kier alpha value is -0.690. The van der Waals surface area contributed by atoms with E-state index in [9.17, 15) is 0 Å². The number of hydrogen-bond donors (Lipinski definition) is 0. The third-order valence-corrected chi connectivity index (χ3v) is 2.41. The molecule has 0 aromatic carbocycles. The average molecular weight is 183 g/mol. The van der Waals surface area contributed by atoms with Gasteiger partial charge in [0, 0.05) is 6.42 Å². The van der Waals surface area contributed by atoms with Gasteiger partial charge in [-0.15, -0.1) is 11.6 Å². The Kier molecular flexibility index (Phi) is 1.97. The van der Waals surface area contributed by atoms with Crippen molar-refractivity contribution in [3.8, 4) is 0 Å². The van der Waals surface area contributed by atoms with Crippen molar-refractivity contribution in [1.82, 2.24) is 0 Å². The van der Waals surface area contributed by atoms with Crippen LogP contribution in [0.2, 0.25) is 0 Å². The van der Waals surface area contributed by atoms with Crippen LogP contribution < -0.4 is 0 Å². The zero-order chi connectivity index (χ0) is 8.55. The Labute approximate surface area is 77.0 Å². The highest BCUT2D eigenvalue weighted by Crippen LogP contribution is 2.25. The van der Waals surface area contributed by atoms with Crippen LogP contribution >= 0.6 is 11.6 Å². The summed E-state index contributed by atoms with van der Waals surface area (Å²) in [4.78, 5) is 0. The molecule has 2 rings (SSSR count). The van der Waals surface area contributed by atoms with E-state index in [4.69, 9.17) is 16.0 Å². The summed E-state index contributed by atoms with van der Waals surface area (Å²) < 4.78 is 5.56. The second-order valence-electron chi connectivity index (χ2n) is 3.03. The molecule has 1 aromatic heterocycles. The monoisotopic (exact) mass is 182 g/mol. The lowest BCUT2D eigenvalue weighted by Gasteiger charge is -2.07. The summed E-state index contributed by atoms with van der Waals surface area (Å²) >= 11 is 5.97. The van der Waals surface area contributed by atoms with Gasteiger partial charge in [-0.2, -0.15) is 0 Å². The van der Waals surface area contributed by atoms with E-state index in [0.29, 0.717) is 0 Å². The van der Waals surface area contributed by atoms with Crippen LogP contribution in [0.25, 0.3) is 6.08 Å². The van der Waals surface area contributed by atoms with E-state index in [1.807, 2.05) is 12.2 Å². The minimum absolute atomic E-state index is 0.139. The topological polar surface area (TPSA) is 13.1 Å². The van der Waals surface area contributed by atoms with Crippen molar-refractivity contribution in [3.05, 3.63) is 29.2 Å². The third kappa shape index (κ3) is 1.29. The van der Waals surface area contributed by atoms with Crippen LogP contribution in [0.4, 0.5) is 0 Å². The Balaban J connectivity index is 2.37. The second kappa shape index (κ2) is 2.98. The van der Waals surface area contributed by atoms with Crippen molar-refractivity contribution in [2.45, 2.75) is 25.1 Å². The predicted molar refractivity (Wildman–Crippen MR) is 50.5 cm³/mol. The summed E-state index contributed by atoms with van der Waals surface area (Å²) in [7, 11) is 0. The molecule has 0 saturated heterocycles. The van der Waals surface area contributed by atoms with E-state index in [2.05, 4.69) is 13.0 Å². The fourth-order valence-electron chi connectivity index (χ4n) is 1.45. The maximum Gasteiger partial charge on any atom is 0.130 e. The summed E-state index contributed by atoms with van der Waals surface area (Å²) in [6, 6.07) is 2.11. The zero-order valence-corrected chi connectivity index (χ0v) is 7.77. The molecule has 1 aliphatic rings. The first kappa shape index (κ1) is 7.93. The highest BCUT2D eigenvalue weighted by molar-refractivity contribution is 6.22. The number of fused-ring (bicyclic) bond motifs is 1. The lowest BCUT2D eigenvalue weighted by Crippen LogP contribution is -2.03. The molecule has 1 aromatic rings. The van der Waals surface area contributed by atoms with Crippen molar-refractivity contribution < 1.29 is 4.42 Å². The van der Waals surface area contributed by atoms with Crippen molar-refractivity contribution >= 4 is 17.7 Å². The molecule has 0 radical (unpaired) electrons. The van der Waals surface area contributed by atoms with E-state index in [1.165, 1.54) is 5.56 Å².